The highest BCUT2D eigenvalue weighted by molar-refractivity contribution is 6.07. The molecule has 2 aliphatic heterocycles. The Morgan fingerprint density at radius 1 is 1.00 bits per heavy atom. The van der Waals surface area contributed by atoms with Gasteiger partial charge in [0.25, 0.3) is 11.8 Å². The largest absolute Gasteiger partial charge is 0.339 e. The van der Waals surface area contributed by atoms with E-state index < -0.39 is 35.0 Å². The standard InChI is InChI=1S/C27H24F2N4O3/c28-21-9-7-18(8-10-21)17-33-25(35)27(31-26(33)36,20-4-3-13-30-16-20)19-11-14-32(15-12-19)24(34)22-5-1-2-6-23(22)29/h1-10,13,16,19H,11-12,14-15,17H2,(H,31,36). The van der Waals surface area contributed by atoms with Crippen molar-refractivity contribution in [2.45, 2.75) is 24.9 Å². The molecule has 7 nitrogen and oxygen atoms in total. The Labute approximate surface area is 206 Å². The summed E-state index contributed by atoms with van der Waals surface area (Å²) >= 11 is 0. The number of carbonyl (C=O) groups is 3. The highest BCUT2D eigenvalue weighted by Crippen LogP contribution is 2.41. The Morgan fingerprint density at radius 2 is 1.72 bits per heavy atom. The molecule has 0 saturated carbocycles. The van der Waals surface area contributed by atoms with Gasteiger partial charge < -0.3 is 10.2 Å². The molecule has 0 spiro atoms. The smallest absolute Gasteiger partial charge is 0.325 e. The Bertz CT molecular complexity index is 1290. The molecule has 1 atom stereocenters. The average molecular weight is 491 g/mol. The van der Waals surface area contributed by atoms with Crippen LogP contribution in [0.1, 0.15) is 34.3 Å². The van der Waals surface area contributed by atoms with Crippen LogP contribution in [-0.2, 0) is 16.9 Å². The highest BCUT2D eigenvalue weighted by Gasteiger charge is 2.57. The Kier molecular flexibility index (Phi) is 6.22. The van der Waals surface area contributed by atoms with Gasteiger partial charge in [-0.3, -0.25) is 19.5 Å². The monoisotopic (exact) mass is 490 g/mol. The van der Waals surface area contributed by atoms with Gasteiger partial charge in [0.15, 0.2) is 5.54 Å². The van der Waals surface area contributed by atoms with Gasteiger partial charge in [-0.2, -0.15) is 0 Å². The predicted octanol–water partition coefficient (Wildman–Crippen LogP) is 3.86. The lowest BCUT2D eigenvalue weighted by Gasteiger charge is -2.41. The molecular weight excluding hydrogens is 466 g/mol. The summed E-state index contributed by atoms with van der Waals surface area (Å²) in [6.07, 6.45) is 4.00. The van der Waals surface area contributed by atoms with E-state index >= 15 is 0 Å². The van der Waals surface area contributed by atoms with E-state index in [-0.39, 0.29) is 18.0 Å². The maximum absolute atomic E-state index is 14.2. The van der Waals surface area contributed by atoms with Gasteiger partial charge in [-0.1, -0.05) is 30.3 Å². The number of urea groups is 1. The van der Waals surface area contributed by atoms with E-state index in [9.17, 15) is 23.2 Å². The molecule has 36 heavy (non-hydrogen) atoms. The number of halogens is 2. The molecule has 1 unspecified atom stereocenters. The van der Waals surface area contributed by atoms with Gasteiger partial charge in [0.1, 0.15) is 11.6 Å². The first-order valence-corrected chi connectivity index (χ1v) is 11.7. The lowest BCUT2D eigenvalue weighted by Crippen LogP contribution is -2.54. The maximum atomic E-state index is 14.2. The number of likely N-dealkylation sites (tertiary alicyclic amines) is 1. The van der Waals surface area contributed by atoms with Crippen LogP contribution in [-0.4, -0.2) is 45.7 Å². The van der Waals surface area contributed by atoms with E-state index in [1.807, 2.05) is 0 Å². The predicted molar refractivity (Wildman–Crippen MR) is 126 cm³/mol. The number of nitrogens with one attached hydrogen (secondary N) is 1. The number of piperidine rings is 1. The van der Waals surface area contributed by atoms with Crippen molar-refractivity contribution in [3.8, 4) is 0 Å². The zero-order valence-corrected chi connectivity index (χ0v) is 19.4. The van der Waals surface area contributed by atoms with Gasteiger partial charge in [0, 0.05) is 31.0 Å². The molecular formula is C27H24F2N4O3. The van der Waals surface area contributed by atoms with Crippen molar-refractivity contribution >= 4 is 17.8 Å². The number of nitrogens with zero attached hydrogens (tertiary/aromatic N) is 3. The summed E-state index contributed by atoms with van der Waals surface area (Å²) < 4.78 is 27.5. The fourth-order valence-electron chi connectivity index (χ4n) is 5.14. The first-order valence-electron chi connectivity index (χ1n) is 11.7. The molecule has 0 radical (unpaired) electrons. The molecule has 5 rings (SSSR count). The number of aromatic nitrogens is 1. The van der Waals surface area contributed by atoms with Crippen LogP contribution in [0.2, 0.25) is 0 Å². The van der Waals surface area contributed by atoms with Gasteiger partial charge in [-0.15, -0.1) is 0 Å². The summed E-state index contributed by atoms with van der Waals surface area (Å²) in [5, 5.41) is 2.93. The lowest BCUT2D eigenvalue weighted by molar-refractivity contribution is -0.134. The third kappa shape index (κ3) is 4.10. The van der Waals surface area contributed by atoms with E-state index in [1.54, 1.807) is 35.5 Å². The van der Waals surface area contributed by atoms with Gasteiger partial charge >= 0.3 is 6.03 Å². The molecule has 3 heterocycles. The van der Waals surface area contributed by atoms with Crippen molar-refractivity contribution in [3.63, 3.8) is 0 Å². The lowest BCUT2D eigenvalue weighted by atomic mass is 9.73. The van der Waals surface area contributed by atoms with Crippen LogP contribution in [0.5, 0.6) is 0 Å². The van der Waals surface area contributed by atoms with E-state index in [1.165, 1.54) is 42.5 Å². The SMILES string of the molecule is O=C(c1ccccc1F)N1CCC(C2(c3cccnc3)NC(=O)N(Cc3ccc(F)cc3)C2=O)CC1. The summed E-state index contributed by atoms with van der Waals surface area (Å²) in [5.74, 6) is -2.12. The van der Waals surface area contributed by atoms with Crippen LogP contribution in [0.15, 0.2) is 73.1 Å². The third-order valence-electron chi connectivity index (χ3n) is 7.00. The maximum Gasteiger partial charge on any atom is 0.325 e. The molecule has 2 aromatic carbocycles. The van der Waals surface area contributed by atoms with Gasteiger partial charge in [0.05, 0.1) is 12.1 Å². The average Bonchev–Trinajstić information content (AvgIpc) is 3.16. The normalized spacial score (nSPS) is 20.5. The third-order valence-corrected chi connectivity index (χ3v) is 7.00. The van der Waals surface area contributed by atoms with Crippen LogP contribution in [0.4, 0.5) is 13.6 Å². The number of rotatable bonds is 5. The summed E-state index contributed by atoms with van der Waals surface area (Å²) in [7, 11) is 0. The number of hydrogen-bond donors (Lipinski definition) is 1. The molecule has 2 saturated heterocycles. The van der Waals surface area contributed by atoms with E-state index in [0.717, 1.165) is 4.90 Å². The van der Waals surface area contributed by atoms with Crippen molar-refractivity contribution in [2.24, 2.45) is 5.92 Å². The highest BCUT2D eigenvalue weighted by atomic mass is 19.1. The molecule has 0 aliphatic carbocycles. The minimum atomic E-state index is -1.35. The van der Waals surface area contributed by atoms with Crippen LogP contribution < -0.4 is 5.32 Å². The van der Waals surface area contributed by atoms with Crippen molar-refractivity contribution in [3.05, 3.63) is 101 Å². The molecule has 184 valence electrons. The fourth-order valence-corrected chi connectivity index (χ4v) is 5.14. The number of pyridine rings is 1. The van der Waals surface area contributed by atoms with Crippen LogP contribution >= 0.6 is 0 Å². The van der Waals surface area contributed by atoms with E-state index in [2.05, 4.69) is 10.3 Å². The fraction of sp³-hybridized carbons (Fsp3) is 0.259. The van der Waals surface area contributed by atoms with Gasteiger partial charge in [-0.25, -0.2) is 13.6 Å². The topological polar surface area (TPSA) is 82.6 Å². The second kappa shape index (κ2) is 9.49. The molecule has 1 N–H and O–H groups in total. The Balaban J connectivity index is 1.41. The summed E-state index contributed by atoms with van der Waals surface area (Å²) in [5.41, 5.74) is -0.164. The van der Waals surface area contributed by atoms with Gasteiger partial charge in [0.2, 0.25) is 0 Å². The number of benzene rings is 2. The molecule has 2 aliphatic rings. The number of amides is 4. The number of carbonyl (C=O) groups excluding carboxylic acids is 3. The van der Waals surface area contributed by atoms with Crippen LogP contribution in [0.25, 0.3) is 0 Å². The molecule has 3 aromatic rings. The molecule has 1 aromatic heterocycles. The van der Waals surface area contributed by atoms with Crippen molar-refractivity contribution in [1.29, 1.82) is 0 Å². The first kappa shape index (κ1) is 23.6. The number of imide groups is 1. The Morgan fingerprint density at radius 3 is 2.39 bits per heavy atom. The van der Waals surface area contributed by atoms with E-state index in [4.69, 9.17) is 0 Å². The summed E-state index contributed by atoms with van der Waals surface area (Å²) in [6.45, 7) is 0.611. The van der Waals surface area contributed by atoms with E-state index in [0.29, 0.717) is 37.1 Å². The molecule has 0 bridgehead atoms. The van der Waals surface area contributed by atoms with Crippen molar-refractivity contribution in [1.82, 2.24) is 20.1 Å². The summed E-state index contributed by atoms with van der Waals surface area (Å²) in [4.78, 5) is 46.8. The molecule has 4 amide bonds. The quantitative estimate of drug-likeness (QED) is 0.551. The molecule has 9 heteroatoms. The van der Waals surface area contributed by atoms with Crippen LogP contribution in [0, 0.1) is 17.6 Å². The van der Waals surface area contributed by atoms with Crippen LogP contribution in [0.3, 0.4) is 0 Å². The zero-order chi connectivity index (χ0) is 25.3. The minimum Gasteiger partial charge on any atom is -0.339 e. The van der Waals surface area contributed by atoms with Gasteiger partial charge in [-0.05, 0) is 54.7 Å². The summed E-state index contributed by atoms with van der Waals surface area (Å²) in [6, 6.07) is 14.4. The van der Waals surface area contributed by atoms with Crippen molar-refractivity contribution < 1.29 is 23.2 Å². The number of hydrogen-bond acceptors (Lipinski definition) is 4. The molecule has 2 fully saturated rings. The second-order valence-corrected chi connectivity index (χ2v) is 9.04. The first-order chi connectivity index (χ1) is 17.4. The minimum absolute atomic E-state index is 0.00241. The van der Waals surface area contributed by atoms with Crippen molar-refractivity contribution in [2.75, 3.05) is 13.1 Å². The zero-order valence-electron chi connectivity index (χ0n) is 19.4. The second-order valence-electron chi connectivity index (χ2n) is 9.04. The Hall–Kier alpha value is -4.14.